The summed E-state index contributed by atoms with van der Waals surface area (Å²) in [5.74, 6) is 0.653. The summed E-state index contributed by atoms with van der Waals surface area (Å²) >= 11 is 0. The molecule has 5 nitrogen and oxygen atoms in total. The van der Waals surface area contributed by atoms with E-state index in [0.717, 1.165) is 0 Å². The Kier molecular flexibility index (Phi) is 3.63. The second-order valence-electron chi connectivity index (χ2n) is 4.04. The lowest BCUT2D eigenvalue weighted by atomic mass is 10.0. The van der Waals surface area contributed by atoms with Crippen LogP contribution in [-0.4, -0.2) is 47.3 Å². The third kappa shape index (κ3) is 2.28. The molecule has 1 heterocycles. The maximum Gasteiger partial charge on any atom is 0.119 e. The van der Waals surface area contributed by atoms with Crippen molar-refractivity contribution < 1.29 is 24.8 Å². The second-order valence-corrected chi connectivity index (χ2v) is 4.04. The van der Waals surface area contributed by atoms with Gasteiger partial charge in [-0.1, -0.05) is 12.1 Å². The molecular formula is C12H16O5. The monoisotopic (exact) mass is 240 g/mol. The molecule has 0 aromatic heterocycles. The minimum atomic E-state index is -1.07. The van der Waals surface area contributed by atoms with Gasteiger partial charge in [-0.15, -0.1) is 0 Å². The fourth-order valence-corrected chi connectivity index (χ4v) is 1.99. The fraction of sp³-hybridized carbons (Fsp3) is 0.500. The summed E-state index contributed by atoms with van der Waals surface area (Å²) < 4.78 is 10.5. The van der Waals surface area contributed by atoms with Crippen LogP contribution in [0.4, 0.5) is 0 Å². The number of rotatable bonds is 3. The smallest absolute Gasteiger partial charge is 0.119 e. The van der Waals surface area contributed by atoms with E-state index in [-0.39, 0.29) is 6.61 Å². The molecule has 2 rings (SSSR count). The minimum Gasteiger partial charge on any atom is -0.497 e. The lowest BCUT2D eigenvalue weighted by Gasteiger charge is -2.15. The van der Waals surface area contributed by atoms with E-state index in [9.17, 15) is 10.2 Å². The molecule has 4 unspecified atom stereocenters. The number of methoxy groups -OCH3 is 1. The van der Waals surface area contributed by atoms with Crippen LogP contribution < -0.4 is 4.74 Å². The SMILES string of the molecule is COc1cccc(C2OC(CO)C(O)C2O)c1. The summed E-state index contributed by atoms with van der Waals surface area (Å²) in [6, 6.07) is 7.08. The Morgan fingerprint density at radius 1 is 1.29 bits per heavy atom. The van der Waals surface area contributed by atoms with Crippen molar-refractivity contribution in [1.82, 2.24) is 0 Å². The third-order valence-electron chi connectivity index (χ3n) is 2.96. The molecule has 1 saturated heterocycles. The van der Waals surface area contributed by atoms with Gasteiger partial charge in [-0.25, -0.2) is 0 Å². The van der Waals surface area contributed by atoms with Gasteiger partial charge in [0.05, 0.1) is 13.7 Å². The highest BCUT2D eigenvalue weighted by Gasteiger charge is 2.42. The van der Waals surface area contributed by atoms with Crippen LogP contribution in [0.5, 0.6) is 5.75 Å². The summed E-state index contributed by atoms with van der Waals surface area (Å²) in [7, 11) is 1.55. The normalized spacial score (nSPS) is 32.7. The maximum absolute atomic E-state index is 9.85. The van der Waals surface area contributed by atoms with Crippen molar-refractivity contribution in [3.05, 3.63) is 29.8 Å². The van der Waals surface area contributed by atoms with Crippen molar-refractivity contribution in [1.29, 1.82) is 0 Å². The Morgan fingerprint density at radius 3 is 2.65 bits per heavy atom. The van der Waals surface area contributed by atoms with Crippen LogP contribution in [0.15, 0.2) is 24.3 Å². The number of benzene rings is 1. The zero-order valence-corrected chi connectivity index (χ0v) is 9.48. The molecule has 94 valence electrons. The van der Waals surface area contributed by atoms with Crippen LogP contribution in [0.3, 0.4) is 0 Å². The topological polar surface area (TPSA) is 79.2 Å². The van der Waals surface area contributed by atoms with Gasteiger partial charge in [0.2, 0.25) is 0 Å². The number of hydrogen-bond donors (Lipinski definition) is 3. The molecule has 1 aliphatic rings. The van der Waals surface area contributed by atoms with Gasteiger partial charge in [-0.05, 0) is 17.7 Å². The van der Waals surface area contributed by atoms with Gasteiger partial charge in [0.1, 0.15) is 30.2 Å². The van der Waals surface area contributed by atoms with Crippen LogP contribution in [0.25, 0.3) is 0 Å². The second kappa shape index (κ2) is 5.01. The molecule has 0 spiro atoms. The molecular weight excluding hydrogens is 224 g/mol. The van der Waals surface area contributed by atoms with Crippen LogP contribution in [0.2, 0.25) is 0 Å². The summed E-state index contributed by atoms with van der Waals surface area (Å²) in [5.41, 5.74) is 0.715. The third-order valence-corrected chi connectivity index (χ3v) is 2.96. The van der Waals surface area contributed by atoms with Crippen LogP contribution >= 0.6 is 0 Å². The van der Waals surface area contributed by atoms with E-state index in [1.807, 2.05) is 0 Å². The van der Waals surface area contributed by atoms with Crippen LogP contribution in [0.1, 0.15) is 11.7 Å². The molecule has 0 radical (unpaired) electrons. The molecule has 3 N–H and O–H groups in total. The Bertz CT molecular complexity index is 381. The van der Waals surface area contributed by atoms with Gasteiger partial charge < -0.3 is 24.8 Å². The standard InChI is InChI=1S/C12H16O5/c1-16-8-4-2-3-7(5-8)12-11(15)10(14)9(6-13)17-12/h2-5,9-15H,6H2,1H3. The highest BCUT2D eigenvalue weighted by molar-refractivity contribution is 5.31. The van der Waals surface area contributed by atoms with E-state index in [2.05, 4.69) is 0 Å². The molecule has 1 fully saturated rings. The van der Waals surface area contributed by atoms with Gasteiger partial charge in [-0.3, -0.25) is 0 Å². The largest absolute Gasteiger partial charge is 0.497 e. The molecule has 4 atom stereocenters. The molecule has 17 heavy (non-hydrogen) atoms. The van der Waals surface area contributed by atoms with Crippen molar-refractivity contribution >= 4 is 0 Å². The number of ether oxygens (including phenoxy) is 2. The first-order valence-electron chi connectivity index (χ1n) is 5.43. The molecule has 0 amide bonds. The molecule has 1 aromatic carbocycles. The maximum atomic E-state index is 9.85. The highest BCUT2D eigenvalue weighted by atomic mass is 16.6. The van der Waals surface area contributed by atoms with E-state index < -0.39 is 24.4 Å². The first-order valence-corrected chi connectivity index (χ1v) is 5.43. The summed E-state index contributed by atoms with van der Waals surface area (Å²) in [4.78, 5) is 0. The quantitative estimate of drug-likeness (QED) is 0.684. The van der Waals surface area contributed by atoms with E-state index in [4.69, 9.17) is 14.6 Å². The van der Waals surface area contributed by atoms with Gasteiger partial charge >= 0.3 is 0 Å². The number of aliphatic hydroxyl groups is 3. The highest BCUT2D eigenvalue weighted by Crippen LogP contribution is 2.34. The van der Waals surface area contributed by atoms with E-state index in [0.29, 0.717) is 11.3 Å². The predicted octanol–water partition coefficient (Wildman–Crippen LogP) is -0.151. The molecule has 0 saturated carbocycles. The van der Waals surface area contributed by atoms with Gasteiger partial charge in [-0.2, -0.15) is 0 Å². The van der Waals surface area contributed by atoms with E-state index >= 15 is 0 Å². The van der Waals surface area contributed by atoms with Crippen molar-refractivity contribution in [2.24, 2.45) is 0 Å². The van der Waals surface area contributed by atoms with Gasteiger partial charge in [0.25, 0.3) is 0 Å². The van der Waals surface area contributed by atoms with Crippen molar-refractivity contribution in [3.63, 3.8) is 0 Å². The number of hydrogen-bond acceptors (Lipinski definition) is 5. The Morgan fingerprint density at radius 2 is 2.06 bits per heavy atom. The van der Waals surface area contributed by atoms with E-state index in [1.165, 1.54) is 0 Å². The first kappa shape index (κ1) is 12.3. The molecule has 0 bridgehead atoms. The molecule has 5 heteroatoms. The molecule has 0 aliphatic carbocycles. The Balaban J connectivity index is 2.22. The van der Waals surface area contributed by atoms with Crippen LogP contribution in [-0.2, 0) is 4.74 Å². The Hall–Kier alpha value is -1.14. The summed E-state index contributed by atoms with van der Waals surface area (Å²) in [6.07, 6.45) is -3.51. The predicted molar refractivity (Wildman–Crippen MR) is 59.7 cm³/mol. The average molecular weight is 240 g/mol. The van der Waals surface area contributed by atoms with Gasteiger partial charge in [0, 0.05) is 0 Å². The lowest BCUT2D eigenvalue weighted by molar-refractivity contribution is -0.0228. The minimum absolute atomic E-state index is 0.321. The summed E-state index contributed by atoms with van der Waals surface area (Å²) in [5, 5.41) is 28.5. The van der Waals surface area contributed by atoms with Crippen molar-refractivity contribution in [2.75, 3.05) is 13.7 Å². The van der Waals surface area contributed by atoms with Gasteiger partial charge in [0.15, 0.2) is 0 Å². The fourth-order valence-electron chi connectivity index (χ4n) is 1.99. The first-order chi connectivity index (χ1) is 8.17. The van der Waals surface area contributed by atoms with Crippen molar-refractivity contribution in [3.8, 4) is 5.75 Å². The Labute approximate surface area is 99.2 Å². The lowest BCUT2D eigenvalue weighted by Crippen LogP contribution is -2.32. The van der Waals surface area contributed by atoms with Crippen LogP contribution in [0, 0.1) is 0 Å². The number of aliphatic hydroxyl groups excluding tert-OH is 3. The molecule has 1 aromatic rings. The zero-order valence-electron chi connectivity index (χ0n) is 9.48. The van der Waals surface area contributed by atoms with Crippen molar-refractivity contribution in [2.45, 2.75) is 24.4 Å². The molecule has 1 aliphatic heterocycles. The van der Waals surface area contributed by atoms with E-state index in [1.54, 1.807) is 31.4 Å². The average Bonchev–Trinajstić information content (AvgIpc) is 2.66. The summed E-state index contributed by atoms with van der Waals surface area (Å²) in [6.45, 7) is -0.321. The zero-order chi connectivity index (χ0) is 12.4.